The first-order valence-corrected chi connectivity index (χ1v) is 24.0. The second-order valence-corrected chi connectivity index (χ2v) is 16.1. The van der Waals surface area contributed by atoms with E-state index in [9.17, 15) is 19.8 Å². The van der Waals surface area contributed by atoms with Crippen LogP contribution in [-0.4, -0.2) is 46.9 Å². The lowest BCUT2D eigenvalue weighted by Gasteiger charge is -2.23. The Morgan fingerprint density at radius 2 is 0.912 bits per heavy atom. The predicted octanol–water partition coefficient (Wildman–Crippen LogP) is 14.1. The van der Waals surface area contributed by atoms with Crippen LogP contribution in [0.2, 0.25) is 0 Å². The number of hydrogen-bond donors (Lipinski definition) is 3. The third kappa shape index (κ3) is 40.1. The fraction of sp³-hybridized carbons (Fsp3) is 0.765. The summed E-state index contributed by atoms with van der Waals surface area (Å²) in [6.45, 7) is 6.31. The number of aliphatic hydroxyl groups excluding tert-OH is 2. The normalized spacial score (nSPS) is 13.8. The highest BCUT2D eigenvalue weighted by Crippen LogP contribution is 2.16. The molecule has 0 fully saturated rings. The molecule has 0 aliphatic carbocycles. The topological polar surface area (TPSA) is 95.9 Å². The fourth-order valence-corrected chi connectivity index (χ4v) is 6.98. The molecule has 0 aliphatic rings. The Labute approximate surface area is 352 Å². The van der Waals surface area contributed by atoms with E-state index < -0.39 is 18.2 Å². The molecular weight excluding hydrogens is 707 g/mol. The number of carbonyl (C=O) groups excluding carboxylic acids is 2. The molecule has 3 atom stereocenters. The van der Waals surface area contributed by atoms with Crippen molar-refractivity contribution in [2.45, 2.75) is 244 Å². The number of rotatable bonds is 42. The average molecular weight is 798 g/mol. The van der Waals surface area contributed by atoms with Crippen molar-refractivity contribution in [3.05, 3.63) is 60.8 Å². The second kappa shape index (κ2) is 44.7. The van der Waals surface area contributed by atoms with Gasteiger partial charge in [0.2, 0.25) is 5.91 Å². The smallest absolute Gasteiger partial charge is 0.306 e. The van der Waals surface area contributed by atoms with E-state index in [4.69, 9.17) is 4.74 Å². The van der Waals surface area contributed by atoms with E-state index in [1.807, 2.05) is 6.08 Å². The van der Waals surface area contributed by atoms with Crippen LogP contribution in [-0.2, 0) is 14.3 Å². The standard InChI is InChI=1S/C51H91NO5/c1-4-7-10-13-16-19-21-23-25-27-29-32-35-38-41-44-51(56)57-47(42-39-36-33-31-28-26-24-22-20-17-14-11-8-5-2)45-50(55)52-48(46-53)49(54)43-40-37-34-30-18-15-12-9-6-3/h8,11,17,20,24,26,31,33,39,42,47-49,53-54H,4-7,9-10,12-16,18-19,21-23,25,27-30,32,34-38,40-41,43-46H2,1-3H3,(H,52,55)/b11-8+,20-17+,26-24+,33-31+,42-39+. The maximum atomic E-state index is 13.1. The first kappa shape index (κ1) is 54.6. The van der Waals surface area contributed by atoms with Gasteiger partial charge in [0.1, 0.15) is 6.10 Å². The molecule has 0 heterocycles. The molecule has 6 heteroatoms. The molecule has 0 aromatic carbocycles. The van der Waals surface area contributed by atoms with Gasteiger partial charge in [-0.2, -0.15) is 0 Å². The Kier molecular flexibility index (Phi) is 42.7. The molecule has 0 aromatic heterocycles. The van der Waals surface area contributed by atoms with Gasteiger partial charge in [0.15, 0.2) is 0 Å². The van der Waals surface area contributed by atoms with Crippen molar-refractivity contribution >= 4 is 11.9 Å². The molecule has 0 spiro atoms. The number of aliphatic hydroxyl groups is 2. The molecule has 0 radical (unpaired) electrons. The minimum absolute atomic E-state index is 0.0451. The Morgan fingerprint density at radius 3 is 1.33 bits per heavy atom. The maximum Gasteiger partial charge on any atom is 0.306 e. The van der Waals surface area contributed by atoms with Crippen LogP contribution in [0.4, 0.5) is 0 Å². The van der Waals surface area contributed by atoms with Gasteiger partial charge in [-0.25, -0.2) is 0 Å². The van der Waals surface area contributed by atoms with Crippen LogP contribution in [0.15, 0.2) is 60.8 Å². The lowest BCUT2D eigenvalue weighted by atomic mass is 10.0. The maximum absolute atomic E-state index is 13.1. The molecule has 0 saturated heterocycles. The molecule has 57 heavy (non-hydrogen) atoms. The van der Waals surface area contributed by atoms with E-state index in [0.717, 1.165) is 64.2 Å². The van der Waals surface area contributed by atoms with Crippen LogP contribution in [0.5, 0.6) is 0 Å². The first-order chi connectivity index (χ1) is 28.0. The van der Waals surface area contributed by atoms with E-state index in [2.05, 4.69) is 74.7 Å². The van der Waals surface area contributed by atoms with Gasteiger partial charge in [-0.3, -0.25) is 9.59 Å². The molecule has 3 unspecified atom stereocenters. The van der Waals surface area contributed by atoms with E-state index in [1.165, 1.54) is 116 Å². The Balaban J connectivity index is 4.73. The summed E-state index contributed by atoms with van der Waals surface area (Å²) in [6, 6.07) is -0.739. The zero-order valence-corrected chi connectivity index (χ0v) is 37.5. The summed E-state index contributed by atoms with van der Waals surface area (Å²) in [5.41, 5.74) is 0. The fourth-order valence-electron chi connectivity index (χ4n) is 6.98. The molecular formula is C51H91NO5. The van der Waals surface area contributed by atoms with Crippen molar-refractivity contribution in [1.29, 1.82) is 0 Å². The summed E-state index contributed by atoms with van der Waals surface area (Å²) < 4.78 is 5.81. The average Bonchev–Trinajstić information content (AvgIpc) is 3.20. The van der Waals surface area contributed by atoms with Gasteiger partial charge in [0.05, 0.1) is 25.2 Å². The summed E-state index contributed by atoms with van der Waals surface area (Å²) in [5.74, 6) is -0.627. The molecule has 330 valence electrons. The molecule has 0 bridgehead atoms. The van der Waals surface area contributed by atoms with E-state index >= 15 is 0 Å². The summed E-state index contributed by atoms with van der Waals surface area (Å²) in [6.07, 6.45) is 54.6. The van der Waals surface area contributed by atoms with Crippen molar-refractivity contribution in [3.63, 3.8) is 0 Å². The van der Waals surface area contributed by atoms with Crippen molar-refractivity contribution in [2.24, 2.45) is 0 Å². The van der Waals surface area contributed by atoms with Crippen LogP contribution in [0.3, 0.4) is 0 Å². The summed E-state index contributed by atoms with van der Waals surface area (Å²) >= 11 is 0. The van der Waals surface area contributed by atoms with Gasteiger partial charge in [-0.1, -0.05) is 223 Å². The second-order valence-electron chi connectivity index (χ2n) is 16.1. The van der Waals surface area contributed by atoms with Crippen molar-refractivity contribution in [1.82, 2.24) is 5.32 Å². The van der Waals surface area contributed by atoms with Gasteiger partial charge < -0.3 is 20.3 Å². The van der Waals surface area contributed by atoms with Crippen molar-refractivity contribution < 1.29 is 24.5 Å². The lowest BCUT2D eigenvalue weighted by Crippen LogP contribution is -2.46. The van der Waals surface area contributed by atoms with E-state index in [1.54, 1.807) is 6.08 Å². The van der Waals surface area contributed by atoms with Gasteiger partial charge in [-0.05, 0) is 51.0 Å². The number of nitrogens with one attached hydrogen (secondary N) is 1. The Bertz CT molecular complexity index is 1030. The summed E-state index contributed by atoms with van der Waals surface area (Å²) in [7, 11) is 0. The number of esters is 1. The molecule has 3 N–H and O–H groups in total. The lowest BCUT2D eigenvalue weighted by molar-refractivity contribution is -0.148. The third-order valence-electron chi connectivity index (χ3n) is 10.6. The minimum Gasteiger partial charge on any atom is -0.458 e. The number of unbranched alkanes of at least 4 members (excludes halogenated alkanes) is 22. The highest BCUT2D eigenvalue weighted by atomic mass is 16.5. The van der Waals surface area contributed by atoms with Crippen molar-refractivity contribution in [3.8, 4) is 0 Å². The Morgan fingerprint density at radius 1 is 0.526 bits per heavy atom. The van der Waals surface area contributed by atoms with Crippen LogP contribution >= 0.6 is 0 Å². The third-order valence-corrected chi connectivity index (χ3v) is 10.6. The van der Waals surface area contributed by atoms with Gasteiger partial charge >= 0.3 is 5.97 Å². The van der Waals surface area contributed by atoms with Crippen LogP contribution in [0, 0.1) is 0 Å². The first-order valence-electron chi connectivity index (χ1n) is 24.0. The predicted molar refractivity (Wildman–Crippen MR) is 245 cm³/mol. The molecule has 0 saturated carbocycles. The number of allylic oxidation sites excluding steroid dienone is 9. The van der Waals surface area contributed by atoms with Crippen LogP contribution < -0.4 is 5.32 Å². The number of ether oxygens (including phenoxy) is 1. The number of amides is 1. The van der Waals surface area contributed by atoms with Gasteiger partial charge in [-0.15, -0.1) is 0 Å². The van der Waals surface area contributed by atoms with Crippen LogP contribution in [0.25, 0.3) is 0 Å². The molecule has 0 aromatic rings. The molecule has 0 aliphatic heterocycles. The SMILES string of the molecule is CC/C=C/C/C=C/C/C=C/C/C=C/C/C=C/C(CC(=O)NC(CO)C(O)CCCCCCCCCCC)OC(=O)CCCCCCCCCCCCCCCCC. The quantitative estimate of drug-likeness (QED) is 0.0325. The van der Waals surface area contributed by atoms with Crippen LogP contribution in [0.1, 0.15) is 226 Å². The van der Waals surface area contributed by atoms with Crippen molar-refractivity contribution in [2.75, 3.05) is 6.61 Å². The van der Waals surface area contributed by atoms with E-state index in [0.29, 0.717) is 19.3 Å². The van der Waals surface area contributed by atoms with Gasteiger partial charge in [0.25, 0.3) is 0 Å². The molecule has 6 nitrogen and oxygen atoms in total. The highest BCUT2D eigenvalue weighted by molar-refractivity contribution is 5.78. The number of hydrogen-bond acceptors (Lipinski definition) is 5. The van der Waals surface area contributed by atoms with E-state index in [-0.39, 0.29) is 24.9 Å². The monoisotopic (exact) mass is 798 g/mol. The Hall–Kier alpha value is -2.44. The molecule has 0 rings (SSSR count). The largest absolute Gasteiger partial charge is 0.458 e. The zero-order chi connectivity index (χ0) is 41.7. The highest BCUT2D eigenvalue weighted by Gasteiger charge is 2.23. The summed E-state index contributed by atoms with van der Waals surface area (Å²) in [4.78, 5) is 26.0. The summed E-state index contributed by atoms with van der Waals surface area (Å²) in [5, 5.41) is 23.5. The number of carbonyl (C=O) groups is 2. The molecule has 1 amide bonds. The minimum atomic E-state index is -0.816. The van der Waals surface area contributed by atoms with Gasteiger partial charge in [0, 0.05) is 6.42 Å². The zero-order valence-electron chi connectivity index (χ0n) is 37.5.